The minimum Gasteiger partial charge on any atom is -0.395 e. The van der Waals surface area contributed by atoms with Crippen molar-refractivity contribution in [3.63, 3.8) is 0 Å². The van der Waals surface area contributed by atoms with Gasteiger partial charge in [0.2, 0.25) is 0 Å². The Morgan fingerprint density at radius 3 is 2.71 bits per heavy atom. The summed E-state index contributed by atoms with van der Waals surface area (Å²) in [5.41, 5.74) is 0. The van der Waals surface area contributed by atoms with Gasteiger partial charge in [-0.15, -0.1) is 0 Å². The van der Waals surface area contributed by atoms with E-state index in [4.69, 9.17) is 5.11 Å². The second kappa shape index (κ2) is 6.84. The largest absolute Gasteiger partial charge is 0.395 e. The molecular weight excluding hydrogens is 216 g/mol. The van der Waals surface area contributed by atoms with Gasteiger partial charge in [-0.05, 0) is 25.2 Å². The Kier molecular flexibility index (Phi) is 5.75. The number of carbonyl (C=O) groups is 1. The quantitative estimate of drug-likeness (QED) is 0.790. The zero-order valence-corrected chi connectivity index (χ0v) is 11.3. The number of hydrogen-bond donors (Lipinski definition) is 2. The summed E-state index contributed by atoms with van der Waals surface area (Å²) in [5, 5.41) is 12.0. The highest BCUT2D eigenvalue weighted by Gasteiger charge is 2.28. The molecule has 0 aromatic carbocycles. The van der Waals surface area contributed by atoms with Gasteiger partial charge in [-0.1, -0.05) is 26.7 Å². The van der Waals surface area contributed by atoms with Gasteiger partial charge < -0.3 is 15.3 Å². The van der Waals surface area contributed by atoms with Gasteiger partial charge in [0.15, 0.2) is 0 Å². The molecule has 1 aliphatic rings. The molecule has 0 unspecified atom stereocenters. The average molecular weight is 242 g/mol. The zero-order chi connectivity index (χ0) is 12.8. The van der Waals surface area contributed by atoms with Crippen LogP contribution in [0, 0.1) is 11.8 Å². The molecule has 0 aliphatic heterocycles. The molecule has 0 bridgehead atoms. The summed E-state index contributed by atoms with van der Waals surface area (Å²) in [6.45, 7) is 7.49. The van der Waals surface area contributed by atoms with E-state index in [2.05, 4.69) is 19.2 Å². The number of nitrogens with zero attached hydrogens (tertiary/aromatic N) is 1. The predicted molar refractivity (Wildman–Crippen MR) is 68.8 cm³/mol. The Labute approximate surface area is 104 Å². The fourth-order valence-corrected chi connectivity index (χ4v) is 2.56. The smallest absolute Gasteiger partial charge is 0.317 e. The summed E-state index contributed by atoms with van der Waals surface area (Å²) in [6.07, 6.45) is 3.54. The molecule has 0 aromatic rings. The zero-order valence-electron chi connectivity index (χ0n) is 11.3. The topological polar surface area (TPSA) is 52.6 Å². The first kappa shape index (κ1) is 14.3. The average Bonchev–Trinajstić information content (AvgIpc) is 2.31. The van der Waals surface area contributed by atoms with E-state index in [1.54, 1.807) is 4.90 Å². The summed E-state index contributed by atoms with van der Waals surface area (Å²) >= 11 is 0. The van der Waals surface area contributed by atoms with Gasteiger partial charge in [0, 0.05) is 19.1 Å². The molecule has 4 heteroatoms. The Balaban J connectivity index is 2.48. The van der Waals surface area contributed by atoms with Crippen molar-refractivity contribution in [3.8, 4) is 0 Å². The summed E-state index contributed by atoms with van der Waals surface area (Å²) < 4.78 is 0. The van der Waals surface area contributed by atoms with Crippen LogP contribution in [-0.2, 0) is 0 Å². The number of urea groups is 1. The number of carbonyl (C=O) groups excluding carboxylic acids is 1. The number of rotatable bonds is 4. The first-order chi connectivity index (χ1) is 8.10. The van der Waals surface area contributed by atoms with Crippen molar-refractivity contribution in [2.75, 3.05) is 19.7 Å². The van der Waals surface area contributed by atoms with Crippen LogP contribution in [0.5, 0.6) is 0 Å². The van der Waals surface area contributed by atoms with Gasteiger partial charge >= 0.3 is 6.03 Å². The maximum absolute atomic E-state index is 12.0. The lowest BCUT2D eigenvalue weighted by atomic mass is 9.78. The van der Waals surface area contributed by atoms with E-state index in [1.807, 2.05) is 6.92 Å². The van der Waals surface area contributed by atoms with Crippen LogP contribution in [0.3, 0.4) is 0 Å². The Bertz CT molecular complexity index is 246. The molecule has 2 N–H and O–H groups in total. The minimum absolute atomic E-state index is 0.0257. The lowest BCUT2D eigenvalue weighted by Gasteiger charge is -2.35. The molecule has 100 valence electrons. The molecule has 2 amide bonds. The molecular formula is C13H26N2O2. The van der Waals surface area contributed by atoms with E-state index in [0.29, 0.717) is 31.0 Å². The highest BCUT2D eigenvalue weighted by atomic mass is 16.3. The van der Waals surface area contributed by atoms with E-state index < -0.39 is 0 Å². The summed E-state index contributed by atoms with van der Waals surface area (Å²) in [5.74, 6) is 1.22. The van der Waals surface area contributed by atoms with Gasteiger partial charge in [0.1, 0.15) is 0 Å². The van der Waals surface area contributed by atoms with E-state index >= 15 is 0 Å². The summed E-state index contributed by atoms with van der Waals surface area (Å²) in [6, 6.07) is 0.256. The third kappa shape index (κ3) is 3.87. The molecule has 17 heavy (non-hydrogen) atoms. The van der Waals surface area contributed by atoms with Gasteiger partial charge in [0.25, 0.3) is 0 Å². The maximum Gasteiger partial charge on any atom is 0.317 e. The van der Waals surface area contributed by atoms with Crippen LogP contribution in [0.15, 0.2) is 0 Å². The van der Waals surface area contributed by atoms with Crippen molar-refractivity contribution in [1.29, 1.82) is 0 Å². The second-order valence-corrected chi connectivity index (χ2v) is 5.13. The van der Waals surface area contributed by atoms with Crippen molar-refractivity contribution in [2.24, 2.45) is 11.8 Å². The Morgan fingerprint density at radius 1 is 1.41 bits per heavy atom. The van der Waals surface area contributed by atoms with Crippen molar-refractivity contribution >= 4 is 6.03 Å². The van der Waals surface area contributed by atoms with Crippen LogP contribution in [0.4, 0.5) is 4.79 Å². The molecule has 1 rings (SSSR count). The summed E-state index contributed by atoms with van der Waals surface area (Å²) in [4.78, 5) is 13.6. The molecule has 0 spiro atoms. The van der Waals surface area contributed by atoms with Gasteiger partial charge in [-0.3, -0.25) is 0 Å². The molecule has 1 saturated carbocycles. The molecule has 1 fully saturated rings. The Morgan fingerprint density at radius 2 is 2.12 bits per heavy atom. The normalized spacial score (nSPS) is 28.8. The van der Waals surface area contributed by atoms with Gasteiger partial charge in [-0.2, -0.15) is 0 Å². The number of aliphatic hydroxyl groups excluding tert-OH is 1. The fourth-order valence-electron chi connectivity index (χ4n) is 2.56. The third-order valence-electron chi connectivity index (χ3n) is 4.05. The maximum atomic E-state index is 12.0. The number of likely N-dealkylation sites (N-methyl/N-ethyl adjacent to an activating group) is 1. The molecule has 3 atom stereocenters. The lowest BCUT2D eigenvalue weighted by molar-refractivity contribution is 0.158. The number of nitrogens with one attached hydrogen (secondary N) is 1. The molecule has 0 radical (unpaired) electrons. The van der Waals surface area contributed by atoms with Crippen molar-refractivity contribution in [1.82, 2.24) is 10.2 Å². The van der Waals surface area contributed by atoms with E-state index in [-0.39, 0.29) is 12.6 Å². The van der Waals surface area contributed by atoms with Gasteiger partial charge in [0.05, 0.1) is 6.61 Å². The van der Waals surface area contributed by atoms with Crippen molar-refractivity contribution in [2.45, 2.75) is 46.1 Å². The van der Waals surface area contributed by atoms with Crippen LogP contribution in [0.25, 0.3) is 0 Å². The van der Waals surface area contributed by atoms with Crippen LogP contribution in [0.1, 0.15) is 40.0 Å². The van der Waals surface area contributed by atoms with E-state index in [1.165, 1.54) is 12.8 Å². The number of amides is 2. The van der Waals surface area contributed by atoms with E-state index in [0.717, 1.165) is 6.42 Å². The molecule has 0 aromatic heterocycles. The van der Waals surface area contributed by atoms with Crippen LogP contribution >= 0.6 is 0 Å². The monoisotopic (exact) mass is 242 g/mol. The molecule has 0 heterocycles. The highest BCUT2D eigenvalue weighted by molar-refractivity contribution is 5.74. The van der Waals surface area contributed by atoms with Crippen LogP contribution in [-0.4, -0.2) is 41.8 Å². The third-order valence-corrected chi connectivity index (χ3v) is 4.05. The molecule has 4 nitrogen and oxygen atoms in total. The molecule has 1 aliphatic carbocycles. The van der Waals surface area contributed by atoms with Crippen LogP contribution < -0.4 is 5.32 Å². The summed E-state index contributed by atoms with van der Waals surface area (Å²) in [7, 11) is 0. The second-order valence-electron chi connectivity index (χ2n) is 5.13. The lowest BCUT2D eigenvalue weighted by Crippen LogP contribution is -2.50. The fraction of sp³-hybridized carbons (Fsp3) is 0.923. The standard InChI is InChI=1S/C13H26N2O2/c1-4-15(8-9-16)13(17)14-12-7-5-6-10(2)11(12)3/h10-12,16H,4-9H2,1-3H3,(H,14,17)/t10-,11-,12-/m1/s1. The van der Waals surface area contributed by atoms with Gasteiger partial charge in [-0.25, -0.2) is 4.79 Å². The number of aliphatic hydroxyl groups is 1. The predicted octanol–water partition coefficient (Wildman–Crippen LogP) is 1.83. The molecule has 0 saturated heterocycles. The van der Waals surface area contributed by atoms with Crippen LogP contribution in [0.2, 0.25) is 0 Å². The number of hydrogen-bond acceptors (Lipinski definition) is 2. The van der Waals surface area contributed by atoms with E-state index in [9.17, 15) is 4.79 Å². The van der Waals surface area contributed by atoms with Crippen molar-refractivity contribution < 1.29 is 9.90 Å². The minimum atomic E-state index is -0.0347. The first-order valence-electron chi connectivity index (χ1n) is 6.76. The Hall–Kier alpha value is -0.770. The highest BCUT2D eigenvalue weighted by Crippen LogP contribution is 2.29. The first-order valence-corrected chi connectivity index (χ1v) is 6.76. The van der Waals surface area contributed by atoms with Crippen molar-refractivity contribution in [3.05, 3.63) is 0 Å². The SMILES string of the molecule is CCN(CCO)C(=O)N[C@@H]1CCC[C@@H](C)[C@H]1C.